The summed E-state index contributed by atoms with van der Waals surface area (Å²) in [4.78, 5) is 65.3. The van der Waals surface area contributed by atoms with Crippen LogP contribution in [0.1, 0.15) is 37.7 Å². The van der Waals surface area contributed by atoms with Crippen LogP contribution in [0.25, 0.3) is 0 Å². The highest BCUT2D eigenvalue weighted by atomic mass is 79.9. The predicted molar refractivity (Wildman–Crippen MR) is 133 cm³/mol. The first-order valence-electron chi connectivity index (χ1n) is 11.9. The number of allylic oxidation sites excluding steroid dienone is 6. The molecular formula is C27H24BrNO8. The Morgan fingerprint density at radius 1 is 1.16 bits per heavy atom. The molecule has 2 N–H and O–H groups in total. The van der Waals surface area contributed by atoms with E-state index in [1.54, 1.807) is 19.1 Å². The van der Waals surface area contributed by atoms with Gasteiger partial charge in [0.1, 0.15) is 0 Å². The number of imide groups is 1. The predicted octanol–water partition coefficient (Wildman–Crippen LogP) is 3.07. The molecule has 192 valence electrons. The number of phenolic OH excluding ortho intramolecular Hbond substituents is 1. The Bertz CT molecular complexity index is 1390. The van der Waals surface area contributed by atoms with Crippen molar-refractivity contribution >= 4 is 45.3 Å². The monoisotopic (exact) mass is 569 g/mol. The Labute approximate surface area is 220 Å². The van der Waals surface area contributed by atoms with E-state index in [9.17, 15) is 29.1 Å². The summed E-state index contributed by atoms with van der Waals surface area (Å²) in [5.74, 6) is -5.06. The molecule has 10 heteroatoms. The summed E-state index contributed by atoms with van der Waals surface area (Å²) in [5, 5.41) is 19.4. The van der Waals surface area contributed by atoms with Crippen molar-refractivity contribution in [1.29, 1.82) is 0 Å². The van der Waals surface area contributed by atoms with Gasteiger partial charge in [0.25, 0.3) is 0 Å². The number of ketones is 2. The van der Waals surface area contributed by atoms with Crippen LogP contribution >= 0.6 is 15.9 Å². The summed E-state index contributed by atoms with van der Waals surface area (Å²) >= 11 is 3.33. The number of Topliss-reactive ketones (excluding diaryl/α,β-unsaturated/α-hetero) is 1. The van der Waals surface area contributed by atoms with Crippen molar-refractivity contribution in [3.63, 3.8) is 0 Å². The summed E-state index contributed by atoms with van der Waals surface area (Å²) in [5.41, 5.74) is 2.32. The van der Waals surface area contributed by atoms with Gasteiger partial charge in [-0.15, -0.1) is 0 Å². The van der Waals surface area contributed by atoms with Crippen LogP contribution in [0, 0.1) is 17.8 Å². The molecule has 1 aromatic carbocycles. The van der Waals surface area contributed by atoms with Gasteiger partial charge in [-0.2, -0.15) is 0 Å². The molecule has 4 unspecified atom stereocenters. The molecule has 2 amide bonds. The first kappa shape index (κ1) is 25.1. The molecule has 1 saturated heterocycles. The molecule has 1 fully saturated rings. The number of benzene rings is 1. The van der Waals surface area contributed by atoms with Crippen molar-refractivity contribution in [3.8, 4) is 11.5 Å². The number of nitrogens with zero attached hydrogens (tertiary/aromatic N) is 1. The number of aliphatic carboxylic acids is 1. The second kappa shape index (κ2) is 9.09. The lowest BCUT2D eigenvalue weighted by Gasteiger charge is -2.42. The van der Waals surface area contributed by atoms with Crippen LogP contribution in [0.2, 0.25) is 0 Å². The number of carbonyl (C=O) groups excluding carboxylic acids is 4. The average molecular weight is 570 g/mol. The van der Waals surface area contributed by atoms with Crippen LogP contribution in [-0.4, -0.2) is 58.1 Å². The Morgan fingerprint density at radius 2 is 1.89 bits per heavy atom. The fraction of sp³-hybridized carbons (Fsp3) is 0.370. The molecule has 5 rings (SSSR count). The van der Waals surface area contributed by atoms with Crippen LogP contribution in [0.5, 0.6) is 11.5 Å². The molecule has 0 radical (unpaired) electrons. The smallest absolute Gasteiger partial charge is 0.305 e. The molecule has 1 aromatic rings. The number of likely N-dealkylation sites (tertiary alicyclic amines) is 1. The molecule has 4 aliphatic rings. The fourth-order valence-electron chi connectivity index (χ4n) is 6.17. The van der Waals surface area contributed by atoms with Gasteiger partial charge in [0.15, 0.2) is 23.1 Å². The number of ether oxygens (including phenoxy) is 1. The molecule has 0 saturated carbocycles. The lowest BCUT2D eigenvalue weighted by Crippen LogP contribution is -2.40. The summed E-state index contributed by atoms with van der Waals surface area (Å²) in [6.07, 6.45) is 3.25. The Kier molecular flexibility index (Phi) is 6.18. The summed E-state index contributed by atoms with van der Waals surface area (Å²) < 4.78 is 5.66. The van der Waals surface area contributed by atoms with Crippen LogP contribution in [-0.2, 0) is 24.0 Å². The molecular weight excluding hydrogens is 546 g/mol. The zero-order chi connectivity index (χ0) is 26.8. The molecule has 9 nitrogen and oxygen atoms in total. The highest BCUT2D eigenvalue weighted by molar-refractivity contribution is 9.10. The van der Waals surface area contributed by atoms with E-state index in [2.05, 4.69) is 15.9 Å². The summed E-state index contributed by atoms with van der Waals surface area (Å²) in [6, 6.07) is 3.26. The number of halogens is 1. The number of fused-ring (bicyclic) bond motifs is 3. The highest BCUT2D eigenvalue weighted by Gasteiger charge is 2.56. The van der Waals surface area contributed by atoms with Crippen molar-refractivity contribution < 1.29 is 38.9 Å². The fourth-order valence-corrected chi connectivity index (χ4v) is 6.63. The number of carboxylic acid groups (broad SMARTS) is 1. The third-order valence-electron chi connectivity index (χ3n) is 7.81. The van der Waals surface area contributed by atoms with Gasteiger partial charge >= 0.3 is 5.97 Å². The van der Waals surface area contributed by atoms with Crippen molar-refractivity contribution in [2.45, 2.75) is 32.1 Å². The number of hydrogen-bond donors (Lipinski definition) is 2. The van der Waals surface area contributed by atoms with Gasteiger partial charge < -0.3 is 14.9 Å². The van der Waals surface area contributed by atoms with Crippen molar-refractivity contribution in [1.82, 2.24) is 4.90 Å². The average Bonchev–Trinajstić information content (AvgIpc) is 3.10. The molecule has 0 aromatic heterocycles. The van der Waals surface area contributed by atoms with Crippen molar-refractivity contribution in [3.05, 3.63) is 56.6 Å². The number of phenols is 1. The maximum Gasteiger partial charge on any atom is 0.305 e. The van der Waals surface area contributed by atoms with Crippen LogP contribution in [0.3, 0.4) is 0 Å². The second-order valence-electron chi connectivity index (χ2n) is 9.75. The van der Waals surface area contributed by atoms with E-state index in [-0.39, 0.29) is 48.9 Å². The zero-order valence-corrected chi connectivity index (χ0v) is 21.7. The number of carboxylic acids is 1. The maximum absolute atomic E-state index is 13.5. The largest absolute Gasteiger partial charge is 0.503 e. The first-order valence-corrected chi connectivity index (χ1v) is 12.7. The molecule has 3 aliphatic carbocycles. The molecule has 1 heterocycles. The van der Waals surface area contributed by atoms with E-state index in [0.29, 0.717) is 26.8 Å². The van der Waals surface area contributed by atoms with E-state index in [1.807, 2.05) is 6.08 Å². The SMILES string of the molecule is COc1cc(C2C3=CCC4C(=O)N(CCC(=O)O)C(=O)C4C3CC3=C2C(=O)C=C(C)C3=O)cc(Br)c1O. The van der Waals surface area contributed by atoms with E-state index < -0.39 is 41.5 Å². The summed E-state index contributed by atoms with van der Waals surface area (Å²) in [6.45, 7) is 1.37. The van der Waals surface area contributed by atoms with Gasteiger partial charge in [-0.25, -0.2) is 0 Å². The van der Waals surface area contributed by atoms with Gasteiger partial charge in [-0.1, -0.05) is 11.6 Å². The first-order chi connectivity index (χ1) is 17.5. The van der Waals surface area contributed by atoms with E-state index in [4.69, 9.17) is 9.84 Å². The molecule has 0 bridgehead atoms. The lowest BCUT2D eigenvalue weighted by molar-refractivity contribution is -0.142. The number of carbonyl (C=O) groups is 5. The van der Waals surface area contributed by atoms with Crippen LogP contribution in [0.4, 0.5) is 0 Å². The minimum atomic E-state index is -1.11. The second-order valence-corrected chi connectivity index (χ2v) is 10.6. The number of rotatable bonds is 5. The molecule has 37 heavy (non-hydrogen) atoms. The van der Waals surface area contributed by atoms with Gasteiger partial charge in [0.2, 0.25) is 11.8 Å². The Hall–Kier alpha value is -3.53. The van der Waals surface area contributed by atoms with E-state index in [0.717, 1.165) is 10.5 Å². The Balaban J connectivity index is 1.65. The van der Waals surface area contributed by atoms with Gasteiger partial charge in [0.05, 0.1) is 29.8 Å². The maximum atomic E-state index is 13.5. The van der Waals surface area contributed by atoms with Crippen molar-refractivity contribution in [2.24, 2.45) is 17.8 Å². The zero-order valence-electron chi connectivity index (χ0n) is 20.1. The lowest BCUT2D eigenvalue weighted by atomic mass is 9.59. The Morgan fingerprint density at radius 3 is 2.57 bits per heavy atom. The third kappa shape index (κ3) is 3.85. The topological polar surface area (TPSA) is 138 Å². The number of amides is 2. The minimum Gasteiger partial charge on any atom is -0.503 e. The van der Waals surface area contributed by atoms with Gasteiger partial charge in [0, 0.05) is 29.2 Å². The molecule has 0 spiro atoms. The van der Waals surface area contributed by atoms with Gasteiger partial charge in [-0.3, -0.25) is 28.9 Å². The number of hydrogen-bond acceptors (Lipinski definition) is 7. The van der Waals surface area contributed by atoms with Crippen LogP contribution in [0.15, 0.2) is 51.0 Å². The highest BCUT2D eigenvalue weighted by Crippen LogP contribution is 2.56. The molecule has 1 aliphatic heterocycles. The number of methoxy groups -OCH3 is 1. The minimum absolute atomic E-state index is 0.113. The standard InChI is InChI=1S/C27H24BrNO8/c1-11-7-18(30)23-16(24(11)33)10-15-13(21(23)12-8-17(28)25(34)19(9-12)37-2)3-4-14-22(15)27(36)29(26(14)35)6-5-20(31)32/h3,7-9,14-15,21-22,34H,4-6,10H2,1-2H3,(H,31,32). The van der Waals surface area contributed by atoms with E-state index >= 15 is 0 Å². The van der Waals surface area contributed by atoms with Crippen molar-refractivity contribution in [2.75, 3.05) is 13.7 Å². The van der Waals surface area contributed by atoms with Gasteiger partial charge in [-0.05, 0) is 65.4 Å². The third-order valence-corrected chi connectivity index (χ3v) is 8.41. The normalized spacial score (nSPS) is 26.9. The molecule has 4 atom stereocenters. The van der Waals surface area contributed by atoms with Crippen LogP contribution < -0.4 is 4.74 Å². The number of aromatic hydroxyl groups is 1. The summed E-state index contributed by atoms with van der Waals surface area (Å²) in [7, 11) is 1.40. The quantitative estimate of drug-likeness (QED) is 0.313. The van der Waals surface area contributed by atoms with E-state index in [1.165, 1.54) is 13.2 Å².